The van der Waals surface area contributed by atoms with E-state index in [0.29, 0.717) is 30.3 Å². The van der Waals surface area contributed by atoms with E-state index in [1.807, 2.05) is 32.0 Å². The van der Waals surface area contributed by atoms with Crippen molar-refractivity contribution in [1.82, 2.24) is 25.4 Å². The van der Waals surface area contributed by atoms with Crippen molar-refractivity contribution in [3.63, 3.8) is 0 Å². The third-order valence-corrected chi connectivity index (χ3v) is 4.60. The molecule has 1 atom stereocenters. The summed E-state index contributed by atoms with van der Waals surface area (Å²) in [6, 6.07) is 9.19. The molecule has 0 aliphatic carbocycles. The summed E-state index contributed by atoms with van der Waals surface area (Å²) in [6.45, 7) is 5.10. The van der Waals surface area contributed by atoms with Gasteiger partial charge in [-0.2, -0.15) is 5.10 Å². The van der Waals surface area contributed by atoms with Crippen LogP contribution in [0.25, 0.3) is 0 Å². The van der Waals surface area contributed by atoms with Gasteiger partial charge in [0.25, 0.3) is 5.91 Å². The summed E-state index contributed by atoms with van der Waals surface area (Å²) in [4.78, 5) is 31.3. The Bertz CT molecular complexity index is 758. The Balaban J connectivity index is 1.64. The monoisotopic (exact) mass is 341 g/mol. The van der Waals surface area contributed by atoms with Crippen molar-refractivity contribution in [2.24, 2.45) is 5.41 Å². The van der Waals surface area contributed by atoms with E-state index in [1.165, 1.54) is 0 Å². The molecule has 0 spiro atoms. The zero-order valence-electron chi connectivity index (χ0n) is 14.6. The summed E-state index contributed by atoms with van der Waals surface area (Å²) in [5.74, 6) is 1.18. The maximum Gasteiger partial charge on any atom is 0.253 e. The van der Waals surface area contributed by atoms with Gasteiger partial charge in [0.05, 0.1) is 12.0 Å². The molecule has 1 unspecified atom stereocenters. The van der Waals surface area contributed by atoms with Crippen molar-refractivity contribution in [2.45, 2.75) is 33.2 Å². The predicted molar refractivity (Wildman–Crippen MR) is 92.7 cm³/mol. The first kappa shape index (κ1) is 17.1. The first-order chi connectivity index (χ1) is 12.0. The third-order valence-electron chi connectivity index (χ3n) is 4.60. The van der Waals surface area contributed by atoms with E-state index in [1.54, 1.807) is 17.0 Å². The topological polar surface area (TPSA) is 91.0 Å². The van der Waals surface area contributed by atoms with Gasteiger partial charge in [-0.1, -0.05) is 18.2 Å². The summed E-state index contributed by atoms with van der Waals surface area (Å²) >= 11 is 0. The second-order valence-corrected chi connectivity index (χ2v) is 6.78. The first-order valence-electron chi connectivity index (χ1n) is 8.48. The highest BCUT2D eigenvalue weighted by Crippen LogP contribution is 2.30. The van der Waals surface area contributed by atoms with Gasteiger partial charge in [0.1, 0.15) is 5.82 Å². The highest BCUT2D eigenvalue weighted by molar-refractivity contribution is 5.95. The molecule has 0 saturated carbocycles. The SMILES string of the molecule is Cc1nc(CNC(=O)C2(C)CCCN(C(=O)c3ccccc3)C2)n[nH]1. The van der Waals surface area contributed by atoms with Crippen molar-refractivity contribution in [2.75, 3.05) is 13.1 Å². The summed E-state index contributed by atoms with van der Waals surface area (Å²) < 4.78 is 0. The molecule has 2 heterocycles. The van der Waals surface area contributed by atoms with E-state index in [4.69, 9.17) is 0 Å². The number of H-pyrrole nitrogens is 1. The predicted octanol–water partition coefficient (Wildman–Crippen LogP) is 1.67. The second-order valence-electron chi connectivity index (χ2n) is 6.78. The molecule has 2 amide bonds. The molecule has 1 saturated heterocycles. The molecule has 7 heteroatoms. The van der Waals surface area contributed by atoms with Crippen LogP contribution in [-0.2, 0) is 11.3 Å². The number of likely N-dealkylation sites (tertiary alicyclic amines) is 1. The van der Waals surface area contributed by atoms with Crippen LogP contribution in [0.2, 0.25) is 0 Å². The quantitative estimate of drug-likeness (QED) is 0.885. The molecule has 0 radical (unpaired) electrons. The Kier molecular flexibility index (Phi) is 4.83. The van der Waals surface area contributed by atoms with Gasteiger partial charge in [0, 0.05) is 18.7 Å². The minimum atomic E-state index is -0.603. The number of hydrogen-bond acceptors (Lipinski definition) is 4. The Morgan fingerprint density at radius 2 is 2.08 bits per heavy atom. The van der Waals surface area contributed by atoms with Crippen LogP contribution < -0.4 is 5.32 Å². The lowest BCUT2D eigenvalue weighted by atomic mass is 9.80. The van der Waals surface area contributed by atoms with Crippen LogP contribution in [0, 0.1) is 12.3 Å². The average Bonchev–Trinajstić information content (AvgIpc) is 3.05. The van der Waals surface area contributed by atoms with Gasteiger partial charge in [0.15, 0.2) is 5.82 Å². The Labute approximate surface area is 146 Å². The van der Waals surface area contributed by atoms with Gasteiger partial charge >= 0.3 is 0 Å². The van der Waals surface area contributed by atoms with Gasteiger partial charge in [-0.15, -0.1) is 0 Å². The number of carbonyl (C=O) groups excluding carboxylic acids is 2. The minimum Gasteiger partial charge on any atom is -0.348 e. The van der Waals surface area contributed by atoms with Crippen molar-refractivity contribution >= 4 is 11.8 Å². The van der Waals surface area contributed by atoms with Crippen LogP contribution in [-0.4, -0.2) is 45.0 Å². The molecule has 0 bridgehead atoms. The van der Waals surface area contributed by atoms with E-state index in [0.717, 1.165) is 12.8 Å². The molecular weight excluding hydrogens is 318 g/mol. The largest absolute Gasteiger partial charge is 0.348 e. The highest BCUT2D eigenvalue weighted by atomic mass is 16.2. The maximum absolute atomic E-state index is 12.7. The minimum absolute atomic E-state index is 0.0242. The fourth-order valence-electron chi connectivity index (χ4n) is 3.20. The lowest BCUT2D eigenvalue weighted by Crippen LogP contribution is -2.51. The number of aromatic amines is 1. The number of amides is 2. The van der Waals surface area contributed by atoms with E-state index >= 15 is 0 Å². The molecule has 132 valence electrons. The smallest absolute Gasteiger partial charge is 0.253 e. The molecule has 7 nitrogen and oxygen atoms in total. The average molecular weight is 341 g/mol. The van der Waals surface area contributed by atoms with E-state index < -0.39 is 5.41 Å². The standard InChI is InChI=1S/C18H23N5O2/c1-13-20-15(22-21-13)11-19-17(25)18(2)9-6-10-23(12-18)16(24)14-7-4-3-5-8-14/h3-5,7-8H,6,9-12H2,1-2H3,(H,19,25)(H,20,21,22). The second kappa shape index (κ2) is 7.04. The van der Waals surface area contributed by atoms with Gasteiger partial charge in [-0.05, 0) is 38.8 Å². The molecule has 2 N–H and O–H groups in total. The maximum atomic E-state index is 12.7. The van der Waals surface area contributed by atoms with Crippen LogP contribution in [0.4, 0.5) is 0 Å². The normalized spacial score (nSPS) is 20.3. The number of carbonyl (C=O) groups is 2. The zero-order valence-corrected chi connectivity index (χ0v) is 14.6. The van der Waals surface area contributed by atoms with Gasteiger partial charge in [-0.25, -0.2) is 4.98 Å². The van der Waals surface area contributed by atoms with Crippen molar-refractivity contribution in [1.29, 1.82) is 0 Å². The summed E-state index contributed by atoms with van der Waals surface area (Å²) in [7, 11) is 0. The number of rotatable bonds is 4. The lowest BCUT2D eigenvalue weighted by Gasteiger charge is -2.39. The molecular formula is C18H23N5O2. The molecule has 1 aromatic heterocycles. The van der Waals surface area contributed by atoms with Gasteiger partial charge in [0.2, 0.25) is 5.91 Å². The number of benzene rings is 1. The number of nitrogens with one attached hydrogen (secondary N) is 2. The molecule has 3 rings (SSSR count). The van der Waals surface area contributed by atoms with Crippen molar-refractivity contribution in [3.05, 3.63) is 47.5 Å². The van der Waals surface area contributed by atoms with Gasteiger partial charge in [-0.3, -0.25) is 14.7 Å². The van der Waals surface area contributed by atoms with Crippen molar-refractivity contribution < 1.29 is 9.59 Å². The lowest BCUT2D eigenvalue weighted by molar-refractivity contribution is -0.132. The molecule has 2 aromatic rings. The third kappa shape index (κ3) is 3.87. The van der Waals surface area contributed by atoms with Crippen LogP contribution >= 0.6 is 0 Å². The molecule has 1 aliphatic rings. The zero-order chi connectivity index (χ0) is 17.9. The number of nitrogens with zero attached hydrogens (tertiary/aromatic N) is 3. The number of hydrogen-bond donors (Lipinski definition) is 2. The van der Waals surface area contributed by atoms with E-state index in [2.05, 4.69) is 20.5 Å². The fraction of sp³-hybridized carbons (Fsp3) is 0.444. The number of aryl methyl sites for hydroxylation is 1. The molecule has 1 aliphatic heterocycles. The van der Waals surface area contributed by atoms with Crippen LogP contribution in [0.15, 0.2) is 30.3 Å². The van der Waals surface area contributed by atoms with Crippen molar-refractivity contribution in [3.8, 4) is 0 Å². The summed E-state index contributed by atoms with van der Waals surface area (Å²) in [5, 5.41) is 9.68. The van der Waals surface area contributed by atoms with Gasteiger partial charge < -0.3 is 10.2 Å². The van der Waals surface area contributed by atoms with Crippen LogP contribution in [0.1, 0.15) is 41.8 Å². The highest BCUT2D eigenvalue weighted by Gasteiger charge is 2.39. The van der Waals surface area contributed by atoms with Crippen LogP contribution in [0.5, 0.6) is 0 Å². The summed E-state index contributed by atoms with van der Waals surface area (Å²) in [5.41, 5.74) is 0.0528. The Morgan fingerprint density at radius 1 is 1.32 bits per heavy atom. The number of piperidine rings is 1. The Hall–Kier alpha value is -2.70. The Morgan fingerprint density at radius 3 is 2.76 bits per heavy atom. The summed E-state index contributed by atoms with van der Waals surface area (Å²) in [6.07, 6.45) is 1.56. The molecule has 1 aromatic carbocycles. The molecule has 1 fully saturated rings. The molecule has 25 heavy (non-hydrogen) atoms. The van der Waals surface area contributed by atoms with E-state index in [-0.39, 0.29) is 18.4 Å². The fourth-order valence-corrected chi connectivity index (χ4v) is 3.20. The number of aromatic nitrogens is 3. The van der Waals surface area contributed by atoms with Crippen LogP contribution in [0.3, 0.4) is 0 Å². The van der Waals surface area contributed by atoms with E-state index in [9.17, 15) is 9.59 Å². The first-order valence-corrected chi connectivity index (χ1v) is 8.48.